The Balaban J connectivity index is 2.13. The second-order valence-corrected chi connectivity index (χ2v) is 4.50. The van der Waals surface area contributed by atoms with E-state index in [2.05, 4.69) is 9.97 Å². The van der Waals surface area contributed by atoms with Crippen molar-refractivity contribution in [2.75, 3.05) is 6.61 Å². The zero-order valence-electron chi connectivity index (χ0n) is 10.7. The summed E-state index contributed by atoms with van der Waals surface area (Å²) in [5.74, 6) is -2.19. The number of hydrogen-bond donors (Lipinski definition) is 2. The first kappa shape index (κ1) is 13.4. The van der Waals surface area contributed by atoms with Crippen LogP contribution in [0.2, 0.25) is 0 Å². The Kier molecular flexibility index (Phi) is 3.23. The average Bonchev–Trinajstić information content (AvgIpc) is 2.91. The number of aliphatic hydroxyl groups excluding tert-OH is 1. The van der Waals surface area contributed by atoms with Gasteiger partial charge < -0.3 is 10.1 Å². The van der Waals surface area contributed by atoms with E-state index in [1.165, 1.54) is 24.3 Å². The third-order valence-corrected chi connectivity index (χ3v) is 3.15. The number of ketones is 1. The molecule has 3 rings (SSSR count). The van der Waals surface area contributed by atoms with E-state index in [1.54, 1.807) is 6.07 Å². The zero-order chi connectivity index (χ0) is 15.0. The van der Waals surface area contributed by atoms with E-state index in [9.17, 15) is 13.6 Å². The molecular formula is C15H10F2N2O2. The van der Waals surface area contributed by atoms with E-state index in [0.717, 1.165) is 6.07 Å². The number of fused-ring (bicyclic) bond motifs is 1. The van der Waals surface area contributed by atoms with E-state index in [0.29, 0.717) is 16.6 Å². The van der Waals surface area contributed by atoms with Crippen LogP contribution >= 0.6 is 0 Å². The molecule has 0 amide bonds. The first-order chi connectivity index (χ1) is 10.1. The number of rotatable bonds is 3. The van der Waals surface area contributed by atoms with E-state index in [1.807, 2.05) is 0 Å². The van der Waals surface area contributed by atoms with Gasteiger partial charge in [0.15, 0.2) is 17.4 Å². The van der Waals surface area contributed by atoms with Gasteiger partial charge in [-0.05, 0) is 30.3 Å². The summed E-state index contributed by atoms with van der Waals surface area (Å²) in [6.07, 6.45) is 0. The molecule has 0 aliphatic rings. The highest BCUT2D eigenvalue weighted by Gasteiger charge is 2.14. The number of imidazole rings is 1. The molecule has 0 spiro atoms. The standard InChI is InChI=1S/C15H10F2N2O2/c16-10-3-1-2-9(14(10)17)15-18-11-5-4-8(13(21)7-20)6-12(11)19-15/h1-6,20H,7H2,(H,18,19). The van der Waals surface area contributed by atoms with Crippen molar-refractivity contribution in [3.05, 3.63) is 53.6 Å². The quantitative estimate of drug-likeness (QED) is 0.728. The van der Waals surface area contributed by atoms with E-state index < -0.39 is 24.0 Å². The Hall–Kier alpha value is -2.60. The van der Waals surface area contributed by atoms with Crippen LogP contribution in [-0.4, -0.2) is 27.5 Å². The van der Waals surface area contributed by atoms with E-state index >= 15 is 0 Å². The number of aromatic nitrogens is 2. The van der Waals surface area contributed by atoms with Crippen LogP contribution in [0.15, 0.2) is 36.4 Å². The van der Waals surface area contributed by atoms with Crippen molar-refractivity contribution in [2.45, 2.75) is 0 Å². The van der Waals surface area contributed by atoms with Gasteiger partial charge >= 0.3 is 0 Å². The van der Waals surface area contributed by atoms with Crippen LogP contribution in [0.5, 0.6) is 0 Å². The first-order valence-corrected chi connectivity index (χ1v) is 6.18. The minimum atomic E-state index is -0.983. The Bertz CT molecular complexity index is 843. The predicted octanol–water partition coefficient (Wildman–Crippen LogP) is 2.68. The third-order valence-electron chi connectivity index (χ3n) is 3.15. The SMILES string of the molecule is O=C(CO)c1ccc2nc(-c3cccc(F)c3F)[nH]c2c1. The lowest BCUT2D eigenvalue weighted by molar-refractivity contribution is 0.0904. The monoisotopic (exact) mass is 288 g/mol. The molecule has 0 saturated heterocycles. The Morgan fingerprint density at radius 1 is 1.24 bits per heavy atom. The molecule has 2 aromatic carbocycles. The number of Topliss-reactive ketones (excluding diaryl/α,β-unsaturated/α-hetero) is 1. The number of nitrogens with one attached hydrogen (secondary N) is 1. The highest BCUT2D eigenvalue weighted by atomic mass is 19.2. The number of nitrogens with zero attached hydrogens (tertiary/aromatic N) is 1. The zero-order valence-corrected chi connectivity index (χ0v) is 10.7. The maximum Gasteiger partial charge on any atom is 0.188 e. The lowest BCUT2D eigenvalue weighted by Gasteiger charge is -1.99. The summed E-state index contributed by atoms with van der Waals surface area (Å²) in [5, 5.41) is 8.84. The molecule has 0 saturated carbocycles. The summed E-state index contributed by atoms with van der Waals surface area (Å²) >= 11 is 0. The van der Waals surface area contributed by atoms with Gasteiger partial charge in [0.1, 0.15) is 12.4 Å². The van der Waals surface area contributed by atoms with Gasteiger partial charge in [0.25, 0.3) is 0 Å². The van der Waals surface area contributed by atoms with Crippen LogP contribution in [0, 0.1) is 11.6 Å². The molecular weight excluding hydrogens is 278 g/mol. The van der Waals surface area contributed by atoms with Gasteiger partial charge in [0, 0.05) is 5.56 Å². The predicted molar refractivity (Wildman–Crippen MR) is 72.9 cm³/mol. The first-order valence-electron chi connectivity index (χ1n) is 6.18. The smallest absolute Gasteiger partial charge is 0.188 e. The summed E-state index contributed by atoms with van der Waals surface area (Å²) in [7, 11) is 0. The molecule has 0 radical (unpaired) electrons. The number of H-pyrrole nitrogens is 1. The van der Waals surface area contributed by atoms with Gasteiger partial charge in [-0.1, -0.05) is 6.07 Å². The summed E-state index contributed by atoms with van der Waals surface area (Å²) in [5.41, 5.74) is 1.36. The highest BCUT2D eigenvalue weighted by Crippen LogP contribution is 2.25. The van der Waals surface area contributed by atoms with Crippen LogP contribution in [-0.2, 0) is 0 Å². The molecule has 21 heavy (non-hydrogen) atoms. The summed E-state index contributed by atoms with van der Waals surface area (Å²) in [6, 6.07) is 8.45. The van der Waals surface area contributed by atoms with Crippen molar-refractivity contribution in [2.24, 2.45) is 0 Å². The lowest BCUT2D eigenvalue weighted by Crippen LogP contribution is -2.03. The third kappa shape index (κ3) is 2.30. The molecule has 0 fully saturated rings. The molecule has 0 unspecified atom stereocenters. The minimum absolute atomic E-state index is 0.0150. The lowest BCUT2D eigenvalue weighted by atomic mass is 10.1. The molecule has 1 heterocycles. The number of hydrogen-bond acceptors (Lipinski definition) is 3. The summed E-state index contributed by atoms with van der Waals surface area (Å²) < 4.78 is 27.0. The Morgan fingerprint density at radius 3 is 2.81 bits per heavy atom. The molecule has 6 heteroatoms. The van der Waals surface area contributed by atoms with Crippen LogP contribution in [0.25, 0.3) is 22.4 Å². The summed E-state index contributed by atoms with van der Waals surface area (Å²) in [4.78, 5) is 18.5. The van der Waals surface area contributed by atoms with Crippen molar-refractivity contribution < 1.29 is 18.7 Å². The molecule has 0 aliphatic carbocycles. The molecule has 3 aromatic rings. The fourth-order valence-corrected chi connectivity index (χ4v) is 2.09. The van der Waals surface area contributed by atoms with Crippen LogP contribution in [0.3, 0.4) is 0 Å². The van der Waals surface area contributed by atoms with E-state index in [4.69, 9.17) is 5.11 Å². The maximum atomic E-state index is 13.8. The maximum absolute atomic E-state index is 13.8. The van der Waals surface area contributed by atoms with Gasteiger partial charge in [0.05, 0.1) is 16.6 Å². The second-order valence-electron chi connectivity index (χ2n) is 4.50. The van der Waals surface area contributed by atoms with Gasteiger partial charge in [0.2, 0.25) is 0 Å². The fraction of sp³-hybridized carbons (Fsp3) is 0.0667. The normalized spacial score (nSPS) is 11.0. The Labute approximate surface area is 118 Å². The number of carbonyl (C=O) groups is 1. The molecule has 1 aromatic heterocycles. The fourth-order valence-electron chi connectivity index (χ4n) is 2.09. The number of halogens is 2. The number of aromatic amines is 1. The van der Waals surface area contributed by atoms with Crippen LogP contribution < -0.4 is 0 Å². The molecule has 2 N–H and O–H groups in total. The van der Waals surface area contributed by atoms with Crippen molar-refractivity contribution in [3.8, 4) is 11.4 Å². The van der Waals surface area contributed by atoms with Crippen LogP contribution in [0.4, 0.5) is 8.78 Å². The Morgan fingerprint density at radius 2 is 2.05 bits per heavy atom. The van der Waals surface area contributed by atoms with Gasteiger partial charge in [-0.2, -0.15) is 0 Å². The highest BCUT2D eigenvalue weighted by molar-refractivity contribution is 5.99. The average molecular weight is 288 g/mol. The molecule has 0 bridgehead atoms. The van der Waals surface area contributed by atoms with Gasteiger partial charge in [-0.3, -0.25) is 4.79 Å². The molecule has 4 nitrogen and oxygen atoms in total. The molecule has 0 aliphatic heterocycles. The minimum Gasteiger partial charge on any atom is -0.388 e. The van der Waals surface area contributed by atoms with E-state index in [-0.39, 0.29) is 11.4 Å². The number of aliphatic hydroxyl groups is 1. The number of benzene rings is 2. The van der Waals surface area contributed by atoms with Crippen molar-refractivity contribution >= 4 is 16.8 Å². The second kappa shape index (κ2) is 5.06. The van der Waals surface area contributed by atoms with Crippen molar-refractivity contribution in [1.29, 1.82) is 0 Å². The molecule has 0 atom stereocenters. The van der Waals surface area contributed by atoms with Gasteiger partial charge in [-0.15, -0.1) is 0 Å². The van der Waals surface area contributed by atoms with Gasteiger partial charge in [-0.25, -0.2) is 13.8 Å². The molecule has 106 valence electrons. The summed E-state index contributed by atoms with van der Waals surface area (Å²) in [6.45, 7) is -0.592. The topological polar surface area (TPSA) is 66.0 Å². The van der Waals surface area contributed by atoms with Crippen molar-refractivity contribution in [1.82, 2.24) is 9.97 Å². The number of carbonyl (C=O) groups excluding carboxylic acids is 1. The largest absolute Gasteiger partial charge is 0.388 e. The van der Waals surface area contributed by atoms with Crippen molar-refractivity contribution in [3.63, 3.8) is 0 Å². The van der Waals surface area contributed by atoms with Crippen LogP contribution in [0.1, 0.15) is 10.4 Å².